The molecule has 1 aromatic carbocycles. The van der Waals surface area contributed by atoms with Gasteiger partial charge in [-0.2, -0.15) is 0 Å². The van der Waals surface area contributed by atoms with Crippen LogP contribution in [0, 0.1) is 5.82 Å². The van der Waals surface area contributed by atoms with Gasteiger partial charge >= 0.3 is 0 Å². The first kappa shape index (κ1) is 14.1. The highest BCUT2D eigenvalue weighted by Gasteiger charge is 2.09. The van der Waals surface area contributed by atoms with Crippen molar-refractivity contribution < 1.29 is 8.81 Å². The van der Waals surface area contributed by atoms with Crippen LogP contribution in [0.2, 0.25) is 5.02 Å². The molecule has 0 amide bonds. The summed E-state index contributed by atoms with van der Waals surface area (Å²) >= 11 is 5.98. The van der Waals surface area contributed by atoms with E-state index >= 15 is 0 Å². The highest BCUT2D eigenvalue weighted by molar-refractivity contribution is 6.31. The molecule has 0 aliphatic heterocycles. The van der Waals surface area contributed by atoms with Gasteiger partial charge in [0.1, 0.15) is 11.6 Å². The number of hydrogen-bond acceptors (Lipinski definition) is 2. The predicted octanol–water partition coefficient (Wildman–Crippen LogP) is 4.18. The van der Waals surface area contributed by atoms with Crippen LogP contribution in [-0.4, -0.2) is 6.04 Å². The van der Waals surface area contributed by atoms with Gasteiger partial charge in [0, 0.05) is 29.6 Å². The van der Waals surface area contributed by atoms with Crippen molar-refractivity contribution in [1.29, 1.82) is 0 Å². The van der Waals surface area contributed by atoms with Gasteiger partial charge in [-0.1, -0.05) is 17.7 Å². The first-order valence-corrected chi connectivity index (χ1v) is 6.73. The van der Waals surface area contributed by atoms with Crippen LogP contribution in [0.25, 0.3) is 0 Å². The Morgan fingerprint density at radius 2 is 2.16 bits per heavy atom. The van der Waals surface area contributed by atoms with Gasteiger partial charge in [-0.05, 0) is 37.6 Å². The third kappa shape index (κ3) is 4.08. The molecule has 1 heterocycles. The van der Waals surface area contributed by atoms with Crippen LogP contribution < -0.4 is 5.32 Å². The van der Waals surface area contributed by atoms with E-state index in [9.17, 15) is 4.39 Å². The molecule has 102 valence electrons. The van der Waals surface area contributed by atoms with Crippen LogP contribution in [0.4, 0.5) is 4.39 Å². The fourth-order valence-electron chi connectivity index (χ4n) is 1.89. The van der Waals surface area contributed by atoms with E-state index in [0.29, 0.717) is 17.1 Å². The fourth-order valence-corrected chi connectivity index (χ4v) is 2.12. The lowest BCUT2D eigenvalue weighted by Crippen LogP contribution is -2.26. The topological polar surface area (TPSA) is 25.2 Å². The van der Waals surface area contributed by atoms with E-state index in [-0.39, 0.29) is 11.9 Å². The third-order valence-corrected chi connectivity index (χ3v) is 3.45. The summed E-state index contributed by atoms with van der Waals surface area (Å²) in [7, 11) is 0. The van der Waals surface area contributed by atoms with E-state index in [4.69, 9.17) is 16.0 Å². The predicted molar refractivity (Wildman–Crippen MR) is 74.7 cm³/mol. The maximum absolute atomic E-state index is 13.6. The Kier molecular flexibility index (Phi) is 5.00. The van der Waals surface area contributed by atoms with Crippen molar-refractivity contribution in [3.05, 3.63) is 58.8 Å². The van der Waals surface area contributed by atoms with Crippen LogP contribution in [0.15, 0.2) is 41.0 Å². The van der Waals surface area contributed by atoms with Crippen molar-refractivity contribution in [2.24, 2.45) is 0 Å². The second kappa shape index (κ2) is 6.73. The van der Waals surface area contributed by atoms with Crippen molar-refractivity contribution >= 4 is 11.6 Å². The van der Waals surface area contributed by atoms with E-state index in [1.165, 1.54) is 6.07 Å². The maximum atomic E-state index is 13.6. The Labute approximate surface area is 117 Å². The number of furan rings is 1. The molecule has 19 heavy (non-hydrogen) atoms. The lowest BCUT2D eigenvalue weighted by molar-refractivity contribution is 0.456. The van der Waals surface area contributed by atoms with Crippen molar-refractivity contribution in [1.82, 2.24) is 5.32 Å². The largest absolute Gasteiger partial charge is 0.469 e. The number of hydrogen-bond donors (Lipinski definition) is 1. The Balaban J connectivity index is 1.81. The third-order valence-electron chi connectivity index (χ3n) is 3.09. The van der Waals surface area contributed by atoms with Gasteiger partial charge in [0.05, 0.1) is 6.26 Å². The molecule has 2 nitrogen and oxygen atoms in total. The van der Waals surface area contributed by atoms with E-state index in [0.717, 1.165) is 18.6 Å². The zero-order chi connectivity index (χ0) is 13.7. The van der Waals surface area contributed by atoms with Crippen LogP contribution in [0.1, 0.15) is 24.7 Å². The van der Waals surface area contributed by atoms with Gasteiger partial charge in [0.25, 0.3) is 0 Å². The molecular weight excluding hydrogens is 265 g/mol. The molecule has 0 fully saturated rings. The Morgan fingerprint density at radius 3 is 2.84 bits per heavy atom. The monoisotopic (exact) mass is 281 g/mol. The lowest BCUT2D eigenvalue weighted by Gasteiger charge is -2.14. The molecule has 0 radical (unpaired) electrons. The van der Waals surface area contributed by atoms with Gasteiger partial charge < -0.3 is 9.73 Å². The molecule has 1 aromatic heterocycles. The van der Waals surface area contributed by atoms with Crippen LogP contribution in [0.3, 0.4) is 0 Å². The Morgan fingerprint density at radius 1 is 1.32 bits per heavy atom. The lowest BCUT2D eigenvalue weighted by atomic mass is 10.1. The summed E-state index contributed by atoms with van der Waals surface area (Å²) in [4.78, 5) is 0. The van der Waals surface area contributed by atoms with E-state index in [2.05, 4.69) is 12.2 Å². The summed E-state index contributed by atoms with van der Waals surface area (Å²) in [5.74, 6) is 0.704. The maximum Gasteiger partial charge on any atom is 0.129 e. The number of aryl methyl sites for hydroxylation is 1. The van der Waals surface area contributed by atoms with Crippen molar-refractivity contribution in [2.45, 2.75) is 32.4 Å². The second-order valence-electron chi connectivity index (χ2n) is 4.60. The number of halogens is 2. The molecule has 0 bridgehead atoms. The van der Waals surface area contributed by atoms with Crippen molar-refractivity contribution in [2.75, 3.05) is 0 Å². The SMILES string of the molecule is CC(CCc1ccco1)NCc1c(F)cccc1Cl. The second-order valence-corrected chi connectivity index (χ2v) is 5.01. The minimum absolute atomic E-state index is 0.265. The van der Waals surface area contributed by atoms with Gasteiger partial charge in [-0.3, -0.25) is 0 Å². The van der Waals surface area contributed by atoms with Crippen LogP contribution in [0.5, 0.6) is 0 Å². The highest BCUT2D eigenvalue weighted by atomic mass is 35.5. The molecule has 4 heteroatoms. The van der Waals surface area contributed by atoms with E-state index < -0.39 is 0 Å². The average molecular weight is 282 g/mol. The minimum atomic E-state index is -0.266. The molecule has 2 rings (SSSR count). The quantitative estimate of drug-likeness (QED) is 0.859. The summed E-state index contributed by atoms with van der Waals surface area (Å²) in [5, 5.41) is 3.74. The van der Waals surface area contributed by atoms with Crippen LogP contribution >= 0.6 is 11.6 Å². The number of benzene rings is 1. The molecule has 1 unspecified atom stereocenters. The highest BCUT2D eigenvalue weighted by Crippen LogP contribution is 2.18. The summed E-state index contributed by atoms with van der Waals surface area (Å²) in [5.41, 5.74) is 0.522. The van der Waals surface area contributed by atoms with Crippen LogP contribution in [-0.2, 0) is 13.0 Å². The Bertz CT molecular complexity index is 493. The zero-order valence-electron chi connectivity index (χ0n) is 10.8. The first-order valence-electron chi connectivity index (χ1n) is 6.35. The summed E-state index contributed by atoms with van der Waals surface area (Å²) in [6.45, 7) is 2.50. The molecule has 0 spiro atoms. The van der Waals surface area contributed by atoms with Gasteiger partial charge in [0.15, 0.2) is 0 Å². The van der Waals surface area contributed by atoms with Gasteiger partial charge in [-0.15, -0.1) is 0 Å². The smallest absolute Gasteiger partial charge is 0.129 e. The first-order chi connectivity index (χ1) is 9.16. The normalized spacial score (nSPS) is 12.6. The zero-order valence-corrected chi connectivity index (χ0v) is 11.6. The number of rotatable bonds is 6. The summed E-state index contributed by atoms with van der Waals surface area (Å²) in [6, 6.07) is 8.85. The molecule has 0 aliphatic rings. The van der Waals surface area contributed by atoms with E-state index in [1.54, 1.807) is 18.4 Å². The molecule has 1 N–H and O–H groups in total. The summed E-state index contributed by atoms with van der Waals surface area (Å²) < 4.78 is 18.8. The summed E-state index contributed by atoms with van der Waals surface area (Å²) in [6.07, 6.45) is 3.47. The molecule has 1 atom stereocenters. The van der Waals surface area contributed by atoms with Crippen molar-refractivity contribution in [3.63, 3.8) is 0 Å². The molecule has 0 saturated heterocycles. The number of nitrogens with one attached hydrogen (secondary N) is 1. The molecule has 2 aromatic rings. The Hall–Kier alpha value is -1.32. The van der Waals surface area contributed by atoms with Crippen molar-refractivity contribution in [3.8, 4) is 0 Å². The molecular formula is C15H17ClFNO. The average Bonchev–Trinajstić information content (AvgIpc) is 2.89. The molecule has 0 saturated carbocycles. The molecule has 0 aliphatic carbocycles. The minimum Gasteiger partial charge on any atom is -0.469 e. The van der Waals surface area contributed by atoms with Gasteiger partial charge in [-0.25, -0.2) is 4.39 Å². The van der Waals surface area contributed by atoms with E-state index in [1.807, 2.05) is 12.1 Å². The standard InChI is InChI=1S/C15H17ClFNO/c1-11(7-8-12-4-3-9-19-12)18-10-13-14(16)5-2-6-15(13)17/h2-6,9,11,18H,7-8,10H2,1H3. The van der Waals surface area contributed by atoms with Gasteiger partial charge in [0.2, 0.25) is 0 Å². The fraction of sp³-hybridized carbons (Fsp3) is 0.333.